The highest BCUT2D eigenvalue weighted by molar-refractivity contribution is 7.99. The van der Waals surface area contributed by atoms with E-state index in [-0.39, 0.29) is 28.8 Å². The Kier molecular flexibility index (Phi) is 8.14. The molecule has 0 radical (unpaired) electrons. The number of nitrogens with zero attached hydrogens (tertiary/aromatic N) is 5. The fourth-order valence-electron chi connectivity index (χ4n) is 3.75. The second-order valence-electron chi connectivity index (χ2n) is 8.06. The van der Waals surface area contributed by atoms with Gasteiger partial charge in [-0.15, -0.1) is 0 Å². The van der Waals surface area contributed by atoms with Crippen LogP contribution in [0.5, 0.6) is 0 Å². The number of hydrogen-bond acceptors (Lipinski definition) is 7. The fraction of sp³-hybridized carbons (Fsp3) is 0.292. The van der Waals surface area contributed by atoms with Crippen molar-refractivity contribution < 1.29 is 14.0 Å². The molecule has 1 aromatic carbocycles. The third-order valence-electron chi connectivity index (χ3n) is 5.52. The van der Waals surface area contributed by atoms with Crippen molar-refractivity contribution in [2.45, 2.75) is 24.7 Å². The normalized spacial score (nSPS) is 15.7. The first kappa shape index (κ1) is 24.9. The lowest BCUT2D eigenvalue weighted by Gasteiger charge is -2.40. The van der Waals surface area contributed by atoms with Gasteiger partial charge in [0.15, 0.2) is 5.16 Å². The van der Waals surface area contributed by atoms with Gasteiger partial charge in [0.1, 0.15) is 16.8 Å². The van der Waals surface area contributed by atoms with Crippen LogP contribution < -0.4 is 10.2 Å². The van der Waals surface area contributed by atoms with Gasteiger partial charge >= 0.3 is 0 Å². The van der Waals surface area contributed by atoms with Crippen molar-refractivity contribution in [3.63, 3.8) is 0 Å². The lowest BCUT2D eigenvalue weighted by molar-refractivity contribution is -0.118. The summed E-state index contributed by atoms with van der Waals surface area (Å²) in [4.78, 5) is 41.6. The van der Waals surface area contributed by atoms with Gasteiger partial charge in [-0.2, -0.15) is 0 Å². The Bertz CT molecular complexity index is 1200. The highest BCUT2D eigenvalue weighted by Crippen LogP contribution is 2.24. The molecule has 4 rings (SSSR count). The van der Waals surface area contributed by atoms with Crippen molar-refractivity contribution in [1.29, 1.82) is 0 Å². The molecule has 0 bridgehead atoms. The molecule has 1 fully saturated rings. The zero-order valence-corrected chi connectivity index (χ0v) is 20.6. The number of thioether (sulfide) groups is 1. The number of benzene rings is 1. The first-order valence-corrected chi connectivity index (χ1v) is 12.4. The van der Waals surface area contributed by atoms with E-state index >= 15 is 0 Å². The highest BCUT2D eigenvalue weighted by Gasteiger charge is 2.29. The largest absolute Gasteiger partial charge is 0.353 e. The number of rotatable bonds is 7. The van der Waals surface area contributed by atoms with Crippen molar-refractivity contribution in [2.24, 2.45) is 0 Å². The molecule has 0 spiro atoms. The smallest absolute Gasteiger partial charge is 0.254 e. The maximum absolute atomic E-state index is 13.5. The molecule has 1 unspecified atom stereocenters. The molecule has 1 saturated heterocycles. The molecule has 11 heteroatoms. The molecular formula is C24H24ClFN6O2S. The van der Waals surface area contributed by atoms with Crippen LogP contribution in [-0.4, -0.2) is 63.1 Å². The van der Waals surface area contributed by atoms with Crippen LogP contribution in [0.2, 0.25) is 5.15 Å². The molecule has 8 nitrogen and oxygen atoms in total. The first-order valence-electron chi connectivity index (χ1n) is 11.0. The van der Waals surface area contributed by atoms with Crippen molar-refractivity contribution >= 4 is 41.0 Å². The van der Waals surface area contributed by atoms with Crippen molar-refractivity contribution in [1.82, 2.24) is 25.2 Å². The molecule has 2 amide bonds. The maximum atomic E-state index is 13.5. The summed E-state index contributed by atoms with van der Waals surface area (Å²) in [5.74, 6) is 0.00153. The molecule has 3 aromatic rings. The summed E-state index contributed by atoms with van der Waals surface area (Å²) < 4.78 is 13.5. The molecule has 182 valence electrons. The third kappa shape index (κ3) is 6.67. The Labute approximate surface area is 211 Å². The van der Waals surface area contributed by atoms with Gasteiger partial charge in [0.2, 0.25) is 5.91 Å². The van der Waals surface area contributed by atoms with E-state index < -0.39 is 5.82 Å². The number of hydrogen-bond donors (Lipinski definition) is 1. The number of carbonyl (C=O) groups is 2. The van der Waals surface area contributed by atoms with Crippen molar-refractivity contribution in [3.05, 3.63) is 77.0 Å². The minimum atomic E-state index is -0.436. The quantitative estimate of drug-likeness (QED) is 0.293. The molecule has 0 saturated carbocycles. The molecule has 1 atom stereocenters. The van der Waals surface area contributed by atoms with E-state index in [9.17, 15) is 14.0 Å². The molecule has 3 heterocycles. The first-order chi connectivity index (χ1) is 16.9. The molecule has 35 heavy (non-hydrogen) atoms. The third-order valence-corrected chi connectivity index (χ3v) is 6.56. The number of amides is 2. The fourth-order valence-corrected chi connectivity index (χ4v) is 4.66. The average molecular weight is 515 g/mol. The summed E-state index contributed by atoms with van der Waals surface area (Å²) >= 11 is 7.44. The Hall–Kier alpha value is -3.24. The van der Waals surface area contributed by atoms with Crippen LogP contribution >= 0.6 is 23.4 Å². The molecule has 0 aliphatic carbocycles. The van der Waals surface area contributed by atoms with Gasteiger partial charge in [-0.25, -0.2) is 14.4 Å². The van der Waals surface area contributed by atoms with Gasteiger partial charge in [-0.05, 0) is 42.8 Å². The van der Waals surface area contributed by atoms with Crippen LogP contribution in [-0.2, 0) is 11.3 Å². The minimum Gasteiger partial charge on any atom is -0.353 e. The predicted octanol–water partition coefficient (Wildman–Crippen LogP) is 3.42. The number of nitrogens with one attached hydrogen (secondary N) is 1. The topological polar surface area (TPSA) is 91.3 Å². The molecule has 1 aliphatic rings. The summed E-state index contributed by atoms with van der Waals surface area (Å²) in [7, 11) is 0. The second kappa shape index (κ2) is 11.5. The molecule has 1 aliphatic heterocycles. The van der Waals surface area contributed by atoms with E-state index in [2.05, 4.69) is 20.3 Å². The lowest BCUT2D eigenvalue weighted by Crippen LogP contribution is -2.54. The number of pyridine rings is 1. The van der Waals surface area contributed by atoms with Gasteiger partial charge in [-0.1, -0.05) is 29.4 Å². The molecular weight excluding hydrogens is 491 g/mol. The average Bonchev–Trinajstić information content (AvgIpc) is 2.86. The molecule has 2 aromatic heterocycles. The summed E-state index contributed by atoms with van der Waals surface area (Å²) in [5, 5.41) is 3.53. The van der Waals surface area contributed by atoms with Gasteiger partial charge in [0.05, 0.1) is 5.75 Å². The SMILES string of the molecule is CC1CN(c2cc(Cl)nc(SCC(=O)NCc3ccncc3)n2)CCN1C(=O)c1cccc(F)c1. The van der Waals surface area contributed by atoms with Gasteiger partial charge in [0, 0.05) is 56.2 Å². The minimum absolute atomic E-state index is 0.122. The van der Waals surface area contributed by atoms with Crippen LogP contribution in [0.3, 0.4) is 0 Å². The summed E-state index contributed by atoms with van der Waals surface area (Å²) in [6.45, 7) is 3.88. The maximum Gasteiger partial charge on any atom is 0.254 e. The Morgan fingerprint density at radius 3 is 2.71 bits per heavy atom. The van der Waals surface area contributed by atoms with E-state index in [1.165, 1.54) is 30.0 Å². The zero-order chi connectivity index (χ0) is 24.8. The van der Waals surface area contributed by atoms with Crippen LogP contribution in [0.15, 0.2) is 60.0 Å². The summed E-state index contributed by atoms with van der Waals surface area (Å²) in [6, 6.07) is 10.9. The van der Waals surface area contributed by atoms with Gasteiger partial charge in [-0.3, -0.25) is 14.6 Å². The van der Waals surface area contributed by atoms with Gasteiger partial charge in [0.25, 0.3) is 5.91 Å². The van der Waals surface area contributed by atoms with E-state index in [1.807, 2.05) is 24.0 Å². The number of aromatic nitrogens is 3. The summed E-state index contributed by atoms with van der Waals surface area (Å²) in [5.41, 5.74) is 1.29. The number of halogens is 2. The van der Waals surface area contributed by atoms with E-state index in [0.717, 1.165) is 5.56 Å². The lowest BCUT2D eigenvalue weighted by atomic mass is 10.1. The second-order valence-corrected chi connectivity index (χ2v) is 9.39. The standard InChI is InChI=1S/C24H24ClFN6O2S/c1-16-14-31(9-10-32(16)23(34)18-3-2-4-19(26)11-18)21-12-20(25)29-24(30-21)35-15-22(33)28-13-17-5-7-27-8-6-17/h2-8,11-12,16H,9-10,13-15H2,1H3,(H,28,33). The van der Waals surface area contributed by atoms with E-state index in [4.69, 9.17) is 11.6 Å². The number of anilines is 1. The van der Waals surface area contributed by atoms with E-state index in [1.54, 1.807) is 29.4 Å². The zero-order valence-electron chi connectivity index (χ0n) is 19.0. The number of piperazine rings is 1. The molecule has 1 N–H and O–H groups in total. The van der Waals surface area contributed by atoms with Crippen LogP contribution in [0.25, 0.3) is 0 Å². The van der Waals surface area contributed by atoms with Crippen LogP contribution in [0.1, 0.15) is 22.8 Å². The summed E-state index contributed by atoms with van der Waals surface area (Å²) in [6.07, 6.45) is 3.35. The number of carbonyl (C=O) groups excluding carboxylic acids is 2. The Morgan fingerprint density at radius 2 is 1.97 bits per heavy atom. The van der Waals surface area contributed by atoms with Crippen LogP contribution in [0, 0.1) is 5.82 Å². The predicted molar refractivity (Wildman–Crippen MR) is 133 cm³/mol. The Morgan fingerprint density at radius 1 is 1.17 bits per heavy atom. The van der Waals surface area contributed by atoms with Crippen LogP contribution in [0.4, 0.5) is 10.2 Å². The van der Waals surface area contributed by atoms with Gasteiger partial charge < -0.3 is 15.1 Å². The van der Waals surface area contributed by atoms with Crippen molar-refractivity contribution in [2.75, 3.05) is 30.3 Å². The van der Waals surface area contributed by atoms with E-state index in [0.29, 0.717) is 42.7 Å². The van der Waals surface area contributed by atoms with Crippen molar-refractivity contribution in [3.8, 4) is 0 Å². The monoisotopic (exact) mass is 514 g/mol. The highest BCUT2D eigenvalue weighted by atomic mass is 35.5. The Balaban J connectivity index is 1.34.